The number of hydrogen-bond acceptors (Lipinski definition) is 5. The summed E-state index contributed by atoms with van der Waals surface area (Å²) in [6.07, 6.45) is 1.68. The minimum absolute atomic E-state index is 0.00493. The van der Waals surface area contributed by atoms with Crippen molar-refractivity contribution < 1.29 is 27.5 Å². The topological polar surface area (TPSA) is 106 Å². The summed E-state index contributed by atoms with van der Waals surface area (Å²) >= 11 is 0. The molecule has 41 heavy (non-hydrogen) atoms. The molecule has 0 spiro atoms. The molecule has 3 aromatic carbocycles. The molecule has 7 nitrogen and oxygen atoms in total. The number of para-hydroxylation sites is 1. The second kappa shape index (κ2) is 12.2. The predicted octanol–water partition coefficient (Wildman–Crippen LogP) is 4.47. The van der Waals surface area contributed by atoms with Crippen LogP contribution in [0.1, 0.15) is 34.1 Å². The lowest BCUT2D eigenvalue weighted by Gasteiger charge is -2.23. The summed E-state index contributed by atoms with van der Waals surface area (Å²) in [4.78, 5) is 29.7. The minimum Gasteiger partial charge on any atom is -0.489 e. The third-order valence-corrected chi connectivity index (χ3v) is 6.84. The number of pyridine rings is 1. The highest BCUT2D eigenvalue weighted by Crippen LogP contribution is 2.31. The fourth-order valence-corrected chi connectivity index (χ4v) is 4.96. The Morgan fingerprint density at radius 1 is 1.00 bits per heavy atom. The van der Waals surface area contributed by atoms with Gasteiger partial charge in [0, 0.05) is 30.8 Å². The van der Waals surface area contributed by atoms with Gasteiger partial charge in [-0.2, -0.15) is 0 Å². The molecule has 4 aromatic rings. The highest BCUT2D eigenvalue weighted by atomic mass is 19.1. The van der Waals surface area contributed by atoms with Crippen LogP contribution in [0.4, 0.5) is 13.2 Å². The zero-order chi connectivity index (χ0) is 28.9. The first-order chi connectivity index (χ1) is 19.8. The molecule has 1 aliphatic heterocycles. The number of benzene rings is 3. The Morgan fingerprint density at radius 3 is 2.49 bits per heavy atom. The van der Waals surface area contributed by atoms with Gasteiger partial charge in [0.05, 0.1) is 23.3 Å². The van der Waals surface area contributed by atoms with E-state index >= 15 is 0 Å². The maximum Gasteiger partial charge on any atom is 0.251 e. The van der Waals surface area contributed by atoms with E-state index < -0.39 is 35.4 Å². The number of nitrogens with two attached hydrogens (primary N) is 1. The van der Waals surface area contributed by atoms with Crippen molar-refractivity contribution >= 4 is 11.8 Å². The highest BCUT2D eigenvalue weighted by molar-refractivity contribution is 5.94. The smallest absolute Gasteiger partial charge is 0.251 e. The molecule has 1 aromatic heterocycles. The Bertz CT molecular complexity index is 1550. The fraction of sp³-hybridized carbons (Fsp3) is 0.194. The number of primary amides is 1. The normalized spacial score (nSPS) is 17.1. The lowest BCUT2D eigenvalue weighted by atomic mass is 9.94. The third kappa shape index (κ3) is 6.72. The number of nitrogens with zero attached hydrogens (tertiary/aromatic N) is 1. The van der Waals surface area contributed by atoms with E-state index in [1.165, 1.54) is 30.5 Å². The average molecular weight is 561 g/mol. The zero-order valence-corrected chi connectivity index (χ0v) is 21.8. The molecule has 210 valence electrons. The maximum absolute atomic E-state index is 14.2. The summed E-state index contributed by atoms with van der Waals surface area (Å²) in [7, 11) is 0. The van der Waals surface area contributed by atoms with Gasteiger partial charge < -0.3 is 21.1 Å². The Balaban J connectivity index is 1.44. The number of amides is 2. The molecular weight excluding hydrogens is 533 g/mol. The van der Waals surface area contributed by atoms with Crippen LogP contribution in [0.2, 0.25) is 0 Å². The number of halogens is 3. The van der Waals surface area contributed by atoms with Gasteiger partial charge >= 0.3 is 0 Å². The van der Waals surface area contributed by atoms with Crippen molar-refractivity contribution in [2.24, 2.45) is 5.73 Å². The number of carbonyl (C=O) groups is 2. The second-order valence-electron chi connectivity index (χ2n) is 9.79. The molecule has 10 heteroatoms. The summed E-state index contributed by atoms with van der Waals surface area (Å²) < 4.78 is 48.3. The summed E-state index contributed by atoms with van der Waals surface area (Å²) in [6, 6.07) is 18.2. The molecular formula is C31H27F3N4O3. The highest BCUT2D eigenvalue weighted by Gasteiger charge is 2.33. The Labute approximate surface area is 234 Å². The van der Waals surface area contributed by atoms with Crippen LogP contribution >= 0.6 is 0 Å². The van der Waals surface area contributed by atoms with Gasteiger partial charge in [0.15, 0.2) is 0 Å². The summed E-state index contributed by atoms with van der Waals surface area (Å²) in [5, 5.41) is 6.14. The van der Waals surface area contributed by atoms with Gasteiger partial charge in [-0.1, -0.05) is 30.3 Å². The molecule has 2 amide bonds. The molecule has 5 rings (SSSR count). The summed E-state index contributed by atoms with van der Waals surface area (Å²) in [6.45, 7) is 0.451. The van der Waals surface area contributed by atoms with Crippen LogP contribution in [-0.4, -0.2) is 35.5 Å². The number of hydrogen-bond donors (Lipinski definition) is 3. The van der Waals surface area contributed by atoms with Crippen LogP contribution in [0, 0.1) is 17.5 Å². The molecule has 1 fully saturated rings. The van der Waals surface area contributed by atoms with Crippen molar-refractivity contribution in [1.29, 1.82) is 0 Å². The van der Waals surface area contributed by atoms with Crippen LogP contribution < -0.4 is 21.1 Å². The van der Waals surface area contributed by atoms with E-state index in [1.807, 2.05) is 30.3 Å². The maximum atomic E-state index is 14.2. The number of carbonyl (C=O) groups excluding carboxylic acids is 2. The quantitative estimate of drug-likeness (QED) is 0.280. The molecule has 0 aliphatic carbocycles. The molecule has 3 atom stereocenters. The lowest BCUT2D eigenvalue weighted by molar-refractivity contribution is -0.123. The van der Waals surface area contributed by atoms with E-state index in [1.54, 1.807) is 12.1 Å². The Kier molecular flexibility index (Phi) is 8.30. The number of rotatable bonds is 9. The van der Waals surface area contributed by atoms with Gasteiger partial charge in [0.25, 0.3) is 5.91 Å². The molecule has 0 radical (unpaired) electrons. The van der Waals surface area contributed by atoms with Crippen molar-refractivity contribution in [3.8, 4) is 16.9 Å². The van der Waals surface area contributed by atoms with Crippen molar-refractivity contribution in [2.45, 2.75) is 31.0 Å². The molecule has 1 aliphatic rings. The SMILES string of the molecule is NC(=O)c1cc(-c2cccnc2C(Cc2cc(F)cc(F)c2)NC(=O)C2CC(Oc3ccccc3)CN2)ccc1F. The molecule has 0 saturated carbocycles. The monoisotopic (exact) mass is 560 g/mol. The van der Waals surface area contributed by atoms with Crippen LogP contribution in [-0.2, 0) is 11.2 Å². The van der Waals surface area contributed by atoms with Crippen molar-refractivity contribution in [2.75, 3.05) is 6.54 Å². The molecule has 1 saturated heterocycles. The fourth-order valence-electron chi connectivity index (χ4n) is 4.96. The first-order valence-electron chi connectivity index (χ1n) is 13.0. The van der Waals surface area contributed by atoms with Gasteiger partial charge in [-0.3, -0.25) is 14.6 Å². The minimum atomic E-state index is -0.936. The van der Waals surface area contributed by atoms with E-state index in [2.05, 4.69) is 15.6 Å². The van der Waals surface area contributed by atoms with Gasteiger partial charge in [-0.05, 0) is 60.0 Å². The second-order valence-corrected chi connectivity index (χ2v) is 9.79. The number of ether oxygens (including phenoxy) is 1. The standard InChI is InChI=1S/C31H27F3N4O3/c32-20-11-18(12-21(33)15-20)13-27(38-31(40)28-16-23(17-37-28)41-22-5-2-1-3-6-22)29-24(7-4-10-36-29)19-8-9-26(34)25(14-19)30(35)39/h1-12,14-15,23,27-28,37H,13,16-17H2,(H2,35,39)(H,38,40). The van der Waals surface area contributed by atoms with Crippen molar-refractivity contribution in [3.05, 3.63) is 119 Å². The van der Waals surface area contributed by atoms with Crippen LogP contribution in [0.5, 0.6) is 5.75 Å². The Morgan fingerprint density at radius 2 is 1.76 bits per heavy atom. The van der Waals surface area contributed by atoms with Gasteiger partial charge in [0.1, 0.15) is 29.3 Å². The predicted molar refractivity (Wildman–Crippen MR) is 146 cm³/mol. The third-order valence-electron chi connectivity index (χ3n) is 6.84. The number of nitrogens with one attached hydrogen (secondary N) is 2. The number of aromatic nitrogens is 1. The van der Waals surface area contributed by atoms with Crippen LogP contribution in [0.3, 0.4) is 0 Å². The largest absolute Gasteiger partial charge is 0.489 e. The molecule has 2 heterocycles. The van der Waals surface area contributed by atoms with Crippen LogP contribution in [0.15, 0.2) is 85.1 Å². The van der Waals surface area contributed by atoms with Gasteiger partial charge in [0.2, 0.25) is 5.91 Å². The van der Waals surface area contributed by atoms with E-state index in [4.69, 9.17) is 10.5 Å². The van der Waals surface area contributed by atoms with E-state index in [-0.39, 0.29) is 24.0 Å². The first kappa shape index (κ1) is 27.9. The van der Waals surface area contributed by atoms with Crippen molar-refractivity contribution in [3.63, 3.8) is 0 Å². The molecule has 4 N–H and O–H groups in total. The van der Waals surface area contributed by atoms with Crippen LogP contribution in [0.25, 0.3) is 11.1 Å². The van der Waals surface area contributed by atoms with Crippen molar-refractivity contribution in [1.82, 2.24) is 15.6 Å². The first-order valence-corrected chi connectivity index (χ1v) is 13.0. The zero-order valence-electron chi connectivity index (χ0n) is 21.8. The van der Waals surface area contributed by atoms with Gasteiger partial charge in [-0.15, -0.1) is 0 Å². The van der Waals surface area contributed by atoms with E-state index in [9.17, 15) is 22.8 Å². The lowest BCUT2D eigenvalue weighted by Crippen LogP contribution is -2.43. The molecule has 3 unspecified atom stereocenters. The molecule has 0 bridgehead atoms. The summed E-state index contributed by atoms with van der Waals surface area (Å²) in [5.74, 6) is -2.87. The van der Waals surface area contributed by atoms with E-state index in [0.717, 1.165) is 12.1 Å². The Hall–Kier alpha value is -4.70. The van der Waals surface area contributed by atoms with E-state index in [0.29, 0.717) is 41.1 Å². The van der Waals surface area contributed by atoms with Gasteiger partial charge in [-0.25, -0.2) is 13.2 Å². The summed E-state index contributed by atoms with van der Waals surface area (Å²) in [5.41, 5.74) is 6.63. The average Bonchev–Trinajstić information content (AvgIpc) is 3.41.